The van der Waals surface area contributed by atoms with Gasteiger partial charge in [-0.3, -0.25) is 4.79 Å². The Hall–Kier alpha value is -2.08. The summed E-state index contributed by atoms with van der Waals surface area (Å²) in [5.74, 6) is -0.722. The van der Waals surface area contributed by atoms with Crippen LogP contribution in [0.5, 0.6) is 0 Å². The summed E-state index contributed by atoms with van der Waals surface area (Å²) < 4.78 is 19.6. The minimum absolute atomic E-state index is 0.0394. The monoisotopic (exact) mass is 359 g/mol. The van der Waals surface area contributed by atoms with E-state index in [2.05, 4.69) is 5.32 Å². The fraction of sp³-hybridized carbons (Fsp3) is 0.381. The topological polar surface area (TPSA) is 58.6 Å². The molecule has 0 amide bonds. The molecular formula is C21H26FNO3. The Balaban J connectivity index is 2.23. The van der Waals surface area contributed by atoms with Gasteiger partial charge in [0.05, 0.1) is 12.7 Å². The van der Waals surface area contributed by atoms with Crippen molar-refractivity contribution in [3.63, 3.8) is 0 Å². The normalized spacial score (nSPS) is 14.6. The zero-order valence-electron chi connectivity index (χ0n) is 15.2. The maximum atomic E-state index is 13.7. The lowest BCUT2D eigenvalue weighted by atomic mass is 9.87. The van der Waals surface area contributed by atoms with Crippen molar-refractivity contribution in [1.29, 1.82) is 0 Å². The number of aliphatic hydroxyl groups excluding tert-OH is 1. The van der Waals surface area contributed by atoms with Crippen LogP contribution in [0.15, 0.2) is 54.6 Å². The molecule has 0 aromatic heterocycles. The van der Waals surface area contributed by atoms with Crippen molar-refractivity contribution in [1.82, 2.24) is 5.32 Å². The highest BCUT2D eigenvalue weighted by Gasteiger charge is 2.37. The first-order valence-electron chi connectivity index (χ1n) is 8.86. The number of benzene rings is 2. The maximum absolute atomic E-state index is 13.7. The molecular weight excluding hydrogens is 333 g/mol. The molecule has 0 spiro atoms. The van der Waals surface area contributed by atoms with Crippen molar-refractivity contribution in [2.45, 2.75) is 32.0 Å². The Kier molecular flexibility index (Phi) is 7.45. The molecule has 2 rings (SSSR count). The van der Waals surface area contributed by atoms with E-state index in [1.165, 1.54) is 12.1 Å². The Morgan fingerprint density at radius 1 is 1.23 bits per heavy atom. The molecule has 0 heterocycles. The van der Waals surface area contributed by atoms with Crippen LogP contribution < -0.4 is 5.32 Å². The summed E-state index contributed by atoms with van der Waals surface area (Å²) in [6.45, 7) is 4.77. The first kappa shape index (κ1) is 20.2. The molecule has 26 heavy (non-hydrogen) atoms. The number of halogens is 1. The van der Waals surface area contributed by atoms with Crippen LogP contribution in [-0.2, 0) is 10.3 Å². The highest BCUT2D eigenvalue weighted by atomic mass is 19.1. The van der Waals surface area contributed by atoms with Gasteiger partial charge in [0.2, 0.25) is 0 Å². The van der Waals surface area contributed by atoms with Crippen molar-refractivity contribution in [3.05, 3.63) is 71.5 Å². The molecule has 0 aliphatic carbocycles. The summed E-state index contributed by atoms with van der Waals surface area (Å²) in [4.78, 5) is 13.1. The molecule has 0 fully saturated rings. The van der Waals surface area contributed by atoms with Crippen LogP contribution in [0.3, 0.4) is 0 Å². The molecule has 2 aromatic carbocycles. The van der Waals surface area contributed by atoms with Crippen LogP contribution in [-0.4, -0.2) is 36.7 Å². The van der Waals surface area contributed by atoms with Crippen molar-refractivity contribution in [2.24, 2.45) is 0 Å². The number of hydrogen-bond acceptors (Lipinski definition) is 4. The minimum atomic E-state index is -1.39. The molecule has 140 valence electrons. The zero-order valence-corrected chi connectivity index (χ0v) is 15.2. The van der Waals surface area contributed by atoms with Crippen LogP contribution in [0, 0.1) is 5.82 Å². The van der Waals surface area contributed by atoms with Gasteiger partial charge in [0.15, 0.2) is 11.4 Å². The SMILES string of the molecule is CCCNCC(O)COC(C)(C(=O)c1ccccc1)c1cccc(F)c1. The predicted molar refractivity (Wildman–Crippen MR) is 99.6 cm³/mol. The van der Waals surface area contributed by atoms with E-state index in [0.717, 1.165) is 13.0 Å². The van der Waals surface area contributed by atoms with E-state index in [0.29, 0.717) is 17.7 Å². The van der Waals surface area contributed by atoms with Crippen LogP contribution >= 0.6 is 0 Å². The fourth-order valence-corrected chi connectivity index (χ4v) is 2.70. The number of ketones is 1. The molecule has 0 radical (unpaired) electrons. The van der Waals surface area contributed by atoms with E-state index >= 15 is 0 Å². The van der Waals surface area contributed by atoms with Crippen LogP contribution in [0.4, 0.5) is 4.39 Å². The van der Waals surface area contributed by atoms with Gasteiger partial charge in [-0.15, -0.1) is 0 Å². The van der Waals surface area contributed by atoms with Crippen molar-refractivity contribution in [3.8, 4) is 0 Å². The van der Waals surface area contributed by atoms with Gasteiger partial charge >= 0.3 is 0 Å². The summed E-state index contributed by atoms with van der Waals surface area (Å²) >= 11 is 0. The third kappa shape index (κ3) is 5.21. The molecule has 2 unspecified atom stereocenters. The van der Waals surface area contributed by atoms with Gasteiger partial charge in [0.1, 0.15) is 5.82 Å². The lowest BCUT2D eigenvalue weighted by Crippen LogP contribution is -2.40. The molecule has 2 N–H and O–H groups in total. The largest absolute Gasteiger partial charge is 0.389 e. The summed E-state index contributed by atoms with van der Waals surface area (Å²) in [5.41, 5.74) is -0.507. The van der Waals surface area contributed by atoms with Crippen LogP contribution in [0.25, 0.3) is 0 Å². The van der Waals surface area contributed by atoms with Gasteiger partial charge in [-0.1, -0.05) is 49.4 Å². The third-order valence-corrected chi connectivity index (χ3v) is 4.22. The summed E-state index contributed by atoms with van der Waals surface area (Å²) in [5, 5.41) is 13.2. The Labute approximate surface area is 154 Å². The molecule has 4 nitrogen and oxygen atoms in total. The van der Waals surface area contributed by atoms with Gasteiger partial charge < -0.3 is 15.2 Å². The summed E-state index contributed by atoms with van der Waals surface area (Å²) in [7, 11) is 0. The number of ether oxygens (including phenoxy) is 1. The predicted octanol–water partition coefficient (Wildman–Crippen LogP) is 3.30. The number of carbonyl (C=O) groups is 1. The molecule has 0 saturated heterocycles. The molecule has 0 aliphatic heterocycles. The van der Waals surface area contributed by atoms with Crippen molar-refractivity contribution < 1.29 is 19.0 Å². The van der Waals surface area contributed by atoms with Crippen LogP contribution in [0.1, 0.15) is 36.2 Å². The molecule has 2 atom stereocenters. The molecule has 5 heteroatoms. The van der Waals surface area contributed by atoms with E-state index in [1.807, 2.05) is 13.0 Å². The number of nitrogens with one attached hydrogen (secondary N) is 1. The van der Waals surface area contributed by atoms with Gasteiger partial charge in [-0.25, -0.2) is 4.39 Å². The number of hydrogen-bond donors (Lipinski definition) is 2. The number of carbonyl (C=O) groups excluding carboxylic acids is 1. The van der Waals surface area contributed by atoms with E-state index in [4.69, 9.17) is 4.74 Å². The van der Waals surface area contributed by atoms with Gasteiger partial charge in [-0.2, -0.15) is 0 Å². The zero-order chi connectivity index (χ0) is 19.0. The first-order valence-corrected chi connectivity index (χ1v) is 8.86. The second-order valence-corrected chi connectivity index (χ2v) is 6.41. The van der Waals surface area contributed by atoms with E-state index in [9.17, 15) is 14.3 Å². The van der Waals surface area contributed by atoms with E-state index in [1.54, 1.807) is 43.3 Å². The average molecular weight is 359 g/mol. The highest BCUT2D eigenvalue weighted by Crippen LogP contribution is 2.30. The Morgan fingerprint density at radius 3 is 2.62 bits per heavy atom. The number of rotatable bonds is 10. The molecule has 0 aliphatic rings. The van der Waals surface area contributed by atoms with Crippen molar-refractivity contribution >= 4 is 5.78 Å². The lowest BCUT2D eigenvalue weighted by molar-refractivity contribution is -0.0535. The molecule has 2 aromatic rings. The van der Waals surface area contributed by atoms with Gasteiger partial charge in [0, 0.05) is 12.1 Å². The van der Waals surface area contributed by atoms with Crippen molar-refractivity contribution in [2.75, 3.05) is 19.7 Å². The maximum Gasteiger partial charge on any atom is 0.198 e. The van der Waals surface area contributed by atoms with E-state index in [-0.39, 0.29) is 12.4 Å². The smallest absolute Gasteiger partial charge is 0.198 e. The highest BCUT2D eigenvalue weighted by molar-refractivity contribution is 6.02. The summed E-state index contributed by atoms with van der Waals surface area (Å²) in [6.07, 6.45) is 0.194. The Morgan fingerprint density at radius 2 is 1.96 bits per heavy atom. The average Bonchev–Trinajstić information content (AvgIpc) is 2.66. The second kappa shape index (κ2) is 9.57. The third-order valence-electron chi connectivity index (χ3n) is 4.22. The Bertz CT molecular complexity index is 707. The van der Waals surface area contributed by atoms with Crippen LogP contribution in [0.2, 0.25) is 0 Å². The number of Topliss-reactive ketones (excluding diaryl/α,β-unsaturated/α-hetero) is 1. The molecule has 0 saturated carbocycles. The molecule has 0 bridgehead atoms. The standard InChI is InChI=1S/C21H26FNO3/c1-3-12-23-14-19(24)15-26-21(2,17-10-7-11-18(22)13-17)20(25)16-8-5-4-6-9-16/h4-11,13,19,23-24H,3,12,14-15H2,1-2H3. The lowest BCUT2D eigenvalue weighted by Gasteiger charge is -2.30. The quantitative estimate of drug-likeness (QED) is 0.505. The first-order chi connectivity index (χ1) is 12.5. The minimum Gasteiger partial charge on any atom is -0.389 e. The van der Waals surface area contributed by atoms with Gasteiger partial charge in [-0.05, 0) is 37.6 Å². The summed E-state index contributed by atoms with van der Waals surface area (Å²) in [6, 6.07) is 14.6. The van der Waals surface area contributed by atoms with E-state index < -0.39 is 17.5 Å². The fourth-order valence-electron chi connectivity index (χ4n) is 2.70. The number of aliphatic hydroxyl groups is 1. The van der Waals surface area contributed by atoms with Gasteiger partial charge in [0.25, 0.3) is 0 Å². The second-order valence-electron chi connectivity index (χ2n) is 6.41.